The van der Waals surface area contributed by atoms with E-state index in [2.05, 4.69) is 4.74 Å². The molecule has 0 aliphatic heterocycles. The van der Waals surface area contributed by atoms with Gasteiger partial charge in [0.1, 0.15) is 24.6 Å². The van der Waals surface area contributed by atoms with Gasteiger partial charge in [-0.15, -0.1) is 0 Å². The summed E-state index contributed by atoms with van der Waals surface area (Å²) in [6.45, 7) is 0.318. The molecule has 2 rings (SSSR count). The van der Waals surface area contributed by atoms with Gasteiger partial charge in [-0.1, -0.05) is 65.7 Å². The smallest absolute Gasteiger partial charge is 0.313 e. The van der Waals surface area contributed by atoms with Gasteiger partial charge in [-0.3, -0.25) is 9.59 Å². The van der Waals surface area contributed by atoms with Crippen molar-refractivity contribution in [3.05, 3.63) is 69.7 Å². The third kappa shape index (κ3) is 7.00. The molecular weight excluding hydrogens is 403 g/mol. The number of carbonyl (C=O) groups is 2. The molecule has 0 saturated heterocycles. The van der Waals surface area contributed by atoms with E-state index in [1.165, 1.54) is 13.2 Å². The molecule has 7 heteroatoms. The van der Waals surface area contributed by atoms with Crippen LogP contribution in [0.5, 0.6) is 5.75 Å². The van der Waals surface area contributed by atoms with Crippen LogP contribution < -0.4 is 4.74 Å². The Kier molecular flexibility index (Phi) is 8.51. The highest BCUT2D eigenvalue weighted by Gasteiger charge is 2.14. The predicted molar refractivity (Wildman–Crippen MR) is 109 cm³/mol. The molecule has 0 aliphatic rings. The number of hydrogen-bond acceptors (Lipinski definition) is 5. The Bertz CT molecular complexity index is 849. The molecule has 0 radical (unpaired) electrons. The molecule has 0 aromatic heterocycles. The highest BCUT2D eigenvalue weighted by atomic mass is 35.5. The predicted octanol–water partition coefficient (Wildman–Crippen LogP) is 4.47. The fraction of sp³-hybridized carbons (Fsp3) is 0.238. The van der Waals surface area contributed by atoms with Gasteiger partial charge >= 0.3 is 5.97 Å². The van der Waals surface area contributed by atoms with Crippen molar-refractivity contribution in [3.63, 3.8) is 0 Å². The van der Waals surface area contributed by atoms with Crippen LogP contribution >= 0.6 is 23.2 Å². The zero-order chi connectivity index (χ0) is 20.5. The van der Waals surface area contributed by atoms with E-state index in [1.54, 1.807) is 18.2 Å². The number of Topliss-reactive ketones (excluding diaryl/α,β-unsaturated/α-hetero) is 1. The van der Waals surface area contributed by atoms with Crippen molar-refractivity contribution >= 4 is 41.0 Å². The molecule has 2 aromatic carbocycles. The van der Waals surface area contributed by atoms with Crippen LogP contribution in [0.4, 0.5) is 0 Å². The summed E-state index contributed by atoms with van der Waals surface area (Å²) in [5.74, 6) is -0.615. The fourth-order valence-electron chi connectivity index (χ4n) is 2.39. The van der Waals surface area contributed by atoms with Crippen LogP contribution in [-0.2, 0) is 20.9 Å². The van der Waals surface area contributed by atoms with Crippen molar-refractivity contribution < 1.29 is 24.2 Å². The van der Waals surface area contributed by atoms with Crippen molar-refractivity contribution in [2.24, 2.45) is 0 Å². The first-order valence-corrected chi connectivity index (χ1v) is 9.25. The van der Waals surface area contributed by atoms with Gasteiger partial charge in [-0.25, -0.2) is 0 Å². The van der Waals surface area contributed by atoms with Gasteiger partial charge in [-0.2, -0.15) is 0 Å². The maximum Gasteiger partial charge on any atom is 0.313 e. The Labute approximate surface area is 173 Å². The topological polar surface area (TPSA) is 72.8 Å². The minimum absolute atomic E-state index is 0.211. The van der Waals surface area contributed by atoms with E-state index in [4.69, 9.17) is 27.9 Å². The molecule has 0 spiro atoms. The molecule has 0 fully saturated rings. The average molecular weight is 423 g/mol. The van der Waals surface area contributed by atoms with Gasteiger partial charge < -0.3 is 14.6 Å². The third-order valence-corrected chi connectivity index (χ3v) is 4.32. The SMILES string of the molecule is COC(=O)CC(=O)CC(O)/C=C/c1c(Cl)cc(Cl)cc1OCc1ccccc1. The molecule has 1 atom stereocenters. The summed E-state index contributed by atoms with van der Waals surface area (Å²) >= 11 is 12.3. The molecule has 2 aromatic rings. The summed E-state index contributed by atoms with van der Waals surface area (Å²) in [4.78, 5) is 22.8. The quantitative estimate of drug-likeness (QED) is 0.476. The van der Waals surface area contributed by atoms with E-state index in [0.29, 0.717) is 28.0 Å². The lowest BCUT2D eigenvalue weighted by atomic mass is 10.1. The minimum atomic E-state index is -1.08. The van der Waals surface area contributed by atoms with Crippen LogP contribution in [0.3, 0.4) is 0 Å². The second-order valence-electron chi connectivity index (χ2n) is 6.00. The summed E-state index contributed by atoms with van der Waals surface area (Å²) in [5.41, 5.74) is 1.50. The molecule has 1 N–H and O–H groups in total. The number of benzene rings is 2. The van der Waals surface area contributed by atoms with Gasteiger partial charge in [0.15, 0.2) is 0 Å². The van der Waals surface area contributed by atoms with Crippen molar-refractivity contribution in [2.75, 3.05) is 7.11 Å². The summed E-state index contributed by atoms with van der Waals surface area (Å²) in [6.07, 6.45) is 1.31. The highest BCUT2D eigenvalue weighted by molar-refractivity contribution is 6.35. The van der Waals surface area contributed by atoms with Crippen molar-refractivity contribution in [1.82, 2.24) is 0 Å². The molecule has 28 heavy (non-hydrogen) atoms. The van der Waals surface area contributed by atoms with E-state index in [1.807, 2.05) is 30.3 Å². The van der Waals surface area contributed by atoms with E-state index in [-0.39, 0.29) is 12.8 Å². The molecule has 0 aliphatic carbocycles. The number of methoxy groups -OCH3 is 1. The van der Waals surface area contributed by atoms with Crippen LogP contribution in [-0.4, -0.2) is 30.1 Å². The lowest BCUT2D eigenvalue weighted by Gasteiger charge is -2.12. The largest absolute Gasteiger partial charge is 0.488 e. The van der Waals surface area contributed by atoms with Gasteiger partial charge in [0, 0.05) is 17.0 Å². The molecule has 0 saturated carbocycles. The standard InChI is InChI=1S/C21H20Cl2O5/c1-27-21(26)12-17(25)11-16(24)7-8-18-19(23)9-15(22)10-20(18)28-13-14-5-3-2-4-6-14/h2-10,16,24H,11-13H2,1H3/b8-7+. The summed E-state index contributed by atoms with van der Waals surface area (Å²) in [6, 6.07) is 12.8. The molecule has 148 valence electrons. The van der Waals surface area contributed by atoms with E-state index >= 15 is 0 Å². The van der Waals surface area contributed by atoms with E-state index < -0.39 is 17.9 Å². The second-order valence-corrected chi connectivity index (χ2v) is 6.84. The van der Waals surface area contributed by atoms with Crippen molar-refractivity contribution in [2.45, 2.75) is 25.6 Å². The Morgan fingerprint density at radius 1 is 1.18 bits per heavy atom. The van der Waals surface area contributed by atoms with Crippen LogP contribution in [0, 0.1) is 0 Å². The molecule has 1 unspecified atom stereocenters. The molecule has 0 amide bonds. The molecular formula is C21H20Cl2O5. The molecule has 5 nitrogen and oxygen atoms in total. The number of hydrogen-bond donors (Lipinski definition) is 1. The Balaban J connectivity index is 2.09. The van der Waals surface area contributed by atoms with Gasteiger partial charge in [0.05, 0.1) is 18.2 Å². The van der Waals surface area contributed by atoms with Crippen molar-refractivity contribution in [3.8, 4) is 5.75 Å². The van der Waals surface area contributed by atoms with Crippen molar-refractivity contribution in [1.29, 1.82) is 0 Å². The number of aliphatic hydroxyl groups is 1. The second kappa shape index (κ2) is 10.9. The maximum atomic E-state index is 11.7. The van der Waals surface area contributed by atoms with Crippen LogP contribution in [0.2, 0.25) is 10.0 Å². The lowest BCUT2D eigenvalue weighted by Crippen LogP contribution is -2.15. The lowest BCUT2D eigenvalue weighted by molar-refractivity contribution is -0.143. The maximum absolute atomic E-state index is 11.7. The third-order valence-electron chi connectivity index (χ3n) is 3.78. The van der Waals surface area contributed by atoms with Crippen LogP contribution in [0.25, 0.3) is 6.08 Å². The average Bonchev–Trinajstić information content (AvgIpc) is 2.65. The number of carbonyl (C=O) groups excluding carboxylic acids is 2. The number of rotatable bonds is 9. The molecule has 0 heterocycles. The number of ketones is 1. The summed E-state index contributed by atoms with van der Waals surface area (Å²) in [5, 5.41) is 10.8. The van der Waals surface area contributed by atoms with E-state index in [0.717, 1.165) is 5.56 Å². The number of esters is 1. The Morgan fingerprint density at radius 2 is 1.89 bits per heavy atom. The van der Waals surface area contributed by atoms with Gasteiger partial charge in [0.25, 0.3) is 0 Å². The summed E-state index contributed by atoms with van der Waals surface area (Å²) < 4.78 is 10.3. The minimum Gasteiger partial charge on any atom is -0.488 e. The zero-order valence-corrected chi connectivity index (χ0v) is 16.7. The number of aliphatic hydroxyl groups excluding tert-OH is 1. The Hall–Kier alpha value is -2.34. The highest BCUT2D eigenvalue weighted by Crippen LogP contribution is 2.33. The fourth-order valence-corrected chi connectivity index (χ4v) is 2.93. The Morgan fingerprint density at radius 3 is 2.57 bits per heavy atom. The first-order valence-electron chi connectivity index (χ1n) is 8.49. The first kappa shape index (κ1) is 22.0. The van der Waals surface area contributed by atoms with Gasteiger partial charge in [-0.05, 0) is 17.7 Å². The first-order chi connectivity index (χ1) is 13.4. The zero-order valence-electron chi connectivity index (χ0n) is 15.2. The van der Waals surface area contributed by atoms with Gasteiger partial charge in [0.2, 0.25) is 0 Å². The monoisotopic (exact) mass is 422 g/mol. The number of ether oxygens (including phenoxy) is 2. The van der Waals surface area contributed by atoms with Crippen LogP contribution in [0.15, 0.2) is 48.5 Å². The van der Waals surface area contributed by atoms with Crippen LogP contribution in [0.1, 0.15) is 24.0 Å². The number of halogens is 2. The molecule has 0 bridgehead atoms. The van der Waals surface area contributed by atoms with E-state index in [9.17, 15) is 14.7 Å². The normalized spacial score (nSPS) is 12.0. The summed E-state index contributed by atoms with van der Waals surface area (Å²) in [7, 11) is 1.20.